The van der Waals surface area contributed by atoms with Crippen LogP contribution in [0.3, 0.4) is 0 Å². The number of unbranched alkanes of at least 4 members (excludes halogenated alkanes) is 1. The maximum Gasteiger partial charge on any atom is 0.326 e. The molecule has 0 aromatic carbocycles. The summed E-state index contributed by atoms with van der Waals surface area (Å²) in [6, 6.07) is -4.71. The van der Waals surface area contributed by atoms with Crippen molar-refractivity contribution >= 4 is 29.7 Å². The molecule has 0 heterocycles. The molecule has 4 unspecified atom stereocenters. The van der Waals surface area contributed by atoms with E-state index < -0.39 is 66.2 Å². The van der Waals surface area contributed by atoms with Gasteiger partial charge in [0, 0.05) is 0 Å². The molecule has 0 fully saturated rings. The Morgan fingerprint density at radius 1 is 0.867 bits per heavy atom. The van der Waals surface area contributed by atoms with Gasteiger partial charge in [-0.25, -0.2) is 4.79 Å². The average molecular weight is 431 g/mol. The van der Waals surface area contributed by atoms with E-state index in [1.807, 2.05) is 0 Å². The Hall–Kier alpha value is -2.73. The van der Waals surface area contributed by atoms with Gasteiger partial charge in [0.2, 0.25) is 17.7 Å². The Bertz CT molecular complexity index is 626. The fourth-order valence-electron chi connectivity index (χ4n) is 2.47. The van der Waals surface area contributed by atoms with Gasteiger partial charge in [-0.1, -0.05) is 20.3 Å². The van der Waals surface area contributed by atoms with E-state index >= 15 is 0 Å². The van der Waals surface area contributed by atoms with E-state index in [-0.39, 0.29) is 0 Å². The summed E-state index contributed by atoms with van der Waals surface area (Å²) in [4.78, 5) is 59.1. The number of hydrogen-bond donors (Lipinski definition) is 7. The normalized spacial score (nSPS) is 14.9. The minimum absolute atomic E-state index is 0.382. The lowest BCUT2D eigenvalue weighted by molar-refractivity contribution is -0.144. The summed E-state index contributed by atoms with van der Waals surface area (Å²) in [6.07, 6.45) is 0.971. The van der Waals surface area contributed by atoms with Crippen molar-refractivity contribution in [3.05, 3.63) is 0 Å². The molecule has 3 amide bonds. The Labute approximate surface area is 175 Å². The second-order valence-corrected chi connectivity index (χ2v) is 7.35. The van der Waals surface area contributed by atoms with Gasteiger partial charge >= 0.3 is 11.9 Å². The van der Waals surface area contributed by atoms with Gasteiger partial charge in [0.05, 0.1) is 12.5 Å². The number of amides is 3. The van der Waals surface area contributed by atoms with E-state index in [9.17, 15) is 29.1 Å². The molecule has 0 saturated heterocycles. The molecule has 0 aliphatic carbocycles. The molecule has 12 nitrogen and oxygen atoms in total. The minimum atomic E-state index is -1.52. The summed E-state index contributed by atoms with van der Waals surface area (Å²) < 4.78 is 0. The molecule has 0 saturated carbocycles. The van der Waals surface area contributed by atoms with Gasteiger partial charge in [-0.3, -0.25) is 19.2 Å². The van der Waals surface area contributed by atoms with E-state index in [1.165, 1.54) is 6.92 Å². The summed E-state index contributed by atoms with van der Waals surface area (Å²) in [5.74, 6) is -5.46. The zero-order chi connectivity index (χ0) is 23.4. The Morgan fingerprint density at radius 3 is 1.93 bits per heavy atom. The topological polar surface area (TPSA) is 214 Å². The second-order valence-electron chi connectivity index (χ2n) is 7.35. The molecule has 0 spiro atoms. The van der Waals surface area contributed by atoms with Gasteiger partial charge in [-0.05, 0) is 32.2 Å². The average Bonchev–Trinajstić information content (AvgIpc) is 2.64. The predicted octanol–water partition coefficient (Wildman–Crippen LogP) is -1.87. The zero-order valence-electron chi connectivity index (χ0n) is 17.5. The van der Waals surface area contributed by atoms with Crippen LogP contribution in [-0.2, 0) is 24.0 Å². The molecule has 172 valence electrons. The summed E-state index contributed by atoms with van der Waals surface area (Å²) in [7, 11) is 0. The van der Waals surface area contributed by atoms with Crippen molar-refractivity contribution in [2.75, 3.05) is 6.54 Å². The highest BCUT2D eigenvalue weighted by Gasteiger charge is 2.31. The van der Waals surface area contributed by atoms with Crippen LogP contribution in [-0.4, -0.2) is 70.6 Å². The van der Waals surface area contributed by atoms with Crippen LogP contribution < -0.4 is 27.4 Å². The summed E-state index contributed by atoms with van der Waals surface area (Å²) in [5, 5.41) is 25.0. The molecular weight excluding hydrogens is 398 g/mol. The number of carboxylic acid groups (broad SMARTS) is 2. The lowest BCUT2D eigenvalue weighted by Crippen LogP contribution is -2.57. The molecule has 9 N–H and O–H groups in total. The second kappa shape index (κ2) is 13.5. The van der Waals surface area contributed by atoms with Gasteiger partial charge in [0.1, 0.15) is 18.1 Å². The van der Waals surface area contributed by atoms with Crippen molar-refractivity contribution in [1.29, 1.82) is 0 Å². The molecule has 30 heavy (non-hydrogen) atoms. The molecule has 4 atom stereocenters. The third kappa shape index (κ3) is 10.2. The fourth-order valence-corrected chi connectivity index (χ4v) is 2.47. The highest BCUT2D eigenvalue weighted by molar-refractivity contribution is 5.95. The first-order valence-electron chi connectivity index (χ1n) is 9.72. The van der Waals surface area contributed by atoms with Crippen molar-refractivity contribution < 1.29 is 34.2 Å². The number of nitrogens with two attached hydrogens (primary N) is 2. The maximum absolute atomic E-state index is 12.4. The predicted molar refractivity (Wildman–Crippen MR) is 107 cm³/mol. The molecule has 0 bridgehead atoms. The van der Waals surface area contributed by atoms with Crippen molar-refractivity contribution in [1.82, 2.24) is 16.0 Å². The summed E-state index contributed by atoms with van der Waals surface area (Å²) >= 11 is 0. The van der Waals surface area contributed by atoms with Gasteiger partial charge in [0.25, 0.3) is 0 Å². The van der Waals surface area contributed by atoms with E-state index in [4.69, 9.17) is 16.6 Å². The van der Waals surface area contributed by atoms with E-state index in [0.717, 1.165) is 0 Å². The Kier molecular flexibility index (Phi) is 12.3. The number of hydrogen-bond acceptors (Lipinski definition) is 7. The highest BCUT2D eigenvalue weighted by atomic mass is 16.4. The van der Waals surface area contributed by atoms with Gasteiger partial charge < -0.3 is 37.6 Å². The van der Waals surface area contributed by atoms with E-state index in [2.05, 4.69) is 16.0 Å². The van der Waals surface area contributed by atoms with Crippen molar-refractivity contribution in [3.8, 4) is 0 Å². The van der Waals surface area contributed by atoms with Crippen LogP contribution in [0, 0.1) is 5.92 Å². The Morgan fingerprint density at radius 2 is 1.47 bits per heavy atom. The minimum Gasteiger partial charge on any atom is -0.481 e. The molecule has 0 aromatic heterocycles. The summed E-state index contributed by atoms with van der Waals surface area (Å²) in [6.45, 7) is 4.96. The van der Waals surface area contributed by atoms with E-state index in [1.54, 1.807) is 13.8 Å². The molecule has 0 aromatic rings. The number of carboxylic acids is 2. The number of rotatable bonds is 14. The van der Waals surface area contributed by atoms with Gasteiger partial charge in [-0.2, -0.15) is 0 Å². The Balaban J connectivity index is 5.00. The monoisotopic (exact) mass is 431 g/mol. The largest absolute Gasteiger partial charge is 0.481 e. The number of carbonyl (C=O) groups is 5. The van der Waals surface area contributed by atoms with Crippen LogP contribution in [0.1, 0.15) is 46.5 Å². The first kappa shape index (κ1) is 27.3. The van der Waals surface area contributed by atoms with Crippen LogP contribution in [0.15, 0.2) is 0 Å². The standard InChI is InChI=1S/C18H33N5O7/c1-9(2)14(18(29)30)23-17(28)12(8-13(24)25)22-15(26)10(3)21-16(27)11(20)6-4-5-7-19/h9-12,14H,4-8,19-20H2,1-3H3,(H,21,27)(H,22,26)(H,23,28)(H,24,25)(H,29,30). The highest BCUT2D eigenvalue weighted by Crippen LogP contribution is 2.04. The first-order valence-corrected chi connectivity index (χ1v) is 9.72. The van der Waals surface area contributed by atoms with E-state index in [0.29, 0.717) is 25.8 Å². The lowest BCUT2D eigenvalue weighted by atomic mass is 10.0. The number of aliphatic carboxylic acids is 2. The number of carbonyl (C=O) groups excluding carboxylic acids is 3. The zero-order valence-corrected chi connectivity index (χ0v) is 17.5. The summed E-state index contributed by atoms with van der Waals surface area (Å²) in [5.41, 5.74) is 11.1. The fraction of sp³-hybridized carbons (Fsp3) is 0.722. The molecule has 0 rings (SSSR count). The van der Waals surface area contributed by atoms with Crippen LogP contribution in [0.4, 0.5) is 0 Å². The van der Waals surface area contributed by atoms with Crippen molar-refractivity contribution in [3.63, 3.8) is 0 Å². The van der Waals surface area contributed by atoms with Crippen molar-refractivity contribution in [2.45, 2.75) is 70.6 Å². The van der Waals surface area contributed by atoms with Crippen LogP contribution in [0.5, 0.6) is 0 Å². The molecule has 12 heteroatoms. The quantitative estimate of drug-likeness (QED) is 0.153. The third-order valence-corrected chi connectivity index (χ3v) is 4.30. The maximum atomic E-state index is 12.4. The SMILES string of the molecule is CC(NC(=O)C(N)CCCCN)C(=O)NC(CC(=O)O)C(=O)NC(C(=O)O)C(C)C. The number of nitrogens with one attached hydrogen (secondary N) is 3. The smallest absolute Gasteiger partial charge is 0.326 e. The molecule has 0 aliphatic rings. The van der Waals surface area contributed by atoms with Crippen LogP contribution in [0.2, 0.25) is 0 Å². The first-order chi connectivity index (χ1) is 13.9. The van der Waals surface area contributed by atoms with Gasteiger partial charge in [-0.15, -0.1) is 0 Å². The molecule has 0 aliphatic heterocycles. The van der Waals surface area contributed by atoms with Gasteiger partial charge in [0.15, 0.2) is 0 Å². The third-order valence-electron chi connectivity index (χ3n) is 4.30. The van der Waals surface area contributed by atoms with Crippen molar-refractivity contribution in [2.24, 2.45) is 17.4 Å². The molecular formula is C18H33N5O7. The lowest BCUT2D eigenvalue weighted by Gasteiger charge is -2.24. The van der Waals surface area contributed by atoms with Crippen LogP contribution in [0.25, 0.3) is 0 Å². The molecule has 0 radical (unpaired) electrons. The van der Waals surface area contributed by atoms with Crippen LogP contribution >= 0.6 is 0 Å².